The first-order chi connectivity index (χ1) is 9.06. The molecule has 5 heteroatoms. The van der Waals surface area contributed by atoms with Crippen LogP contribution in [-0.4, -0.2) is 23.1 Å². The van der Waals surface area contributed by atoms with Crippen molar-refractivity contribution in [2.75, 3.05) is 11.9 Å². The summed E-state index contributed by atoms with van der Waals surface area (Å²) in [4.78, 5) is 16.9. The van der Waals surface area contributed by atoms with Crippen molar-refractivity contribution in [2.24, 2.45) is 0 Å². The summed E-state index contributed by atoms with van der Waals surface area (Å²) in [6, 6.07) is 11.3. The van der Waals surface area contributed by atoms with Gasteiger partial charge in [-0.15, -0.1) is 0 Å². The third-order valence-corrected chi connectivity index (χ3v) is 3.25. The van der Waals surface area contributed by atoms with Crippen molar-refractivity contribution in [3.63, 3.8) is 0 Å². The number of aromatic nitrogens is 1. The van der Waals surface area contributed by atoms with Crippen LogP contribution in [0.15, 0.2) is 47.1 Å². The summed E-state index contributed by atoms with van der Waals surface area (Å²) >= 11 is 3.40. The van der Waals surface area contributed by atoms with E-state index in [1.54, 1.807) is 12.1 Å². The van der Waals surface area contributed by atoms with Gasteiger partial charge in [0.15, 0.2) is 0 Å². The van der Waals surface area contributed by atoms with Gasteiger partial charge in [0, 0.05) is 24.3 Å². The van der Waals surface area contributed by atoms with Crippen LogP contribution >= 0.6 is 15.9 Å². The Hall–Kier alpha value is -1.88. The minimum absolute atomic E-state index is 0.195. The molecule has 0 aliphatic rings. The number of aromatic carboxylic acids is 1. The van der Waals surface area contributed by atoms with E-state index in [1.165, 1.54) is 6.20 Å². The molecule has 0 unspecified atom stereocenters. The van der Waals surface area contributed by atoms with Crippen LogP contribution in [0.4, 0.5) is 5.82 Å². The third-order valence-electron chi connectivity index (χ3n) is 2.72. The Balaban J connectivity index is 2.09. The fraction of sp³-hybridized carbons (Fsp3) is 0.143. The molecule has 0 fully saturated rings. The minimum atomic E-state index is -0.963. The van der Waals surface area contributed by atoms with E-state index in [9.17, 15) is 4.79 Å². The van der Waals surface area contributed by atoms with Crippen molar-refractivity contribution in [3.05, 3.63) is 58.2 Å². The molecule has 1 N–H and O–H groups in total. The summed E-state index contributed by atoms with van der Waals surface area (Å²) in [5.74, 6) is -0.220. The zero-order chi connectivity index (χ0) is 13.8. The lowest BCUT2D eigenvalue weighted by Gasteiger charge is -2.18. The Bertz CT molecular complexity index is 567. The van der Waals surface area contributed by atoms with Gasteiger partial charge in [0.2, 0.25) is 0 Å². The Morgan fingerprint density at radius 3 is 2.47 bits per heavy atom. The molecule has 2 aromatic rings. The molecular formula is C14H13BrN2O2. The van der Waals surface area contributed by atoms with Gasteiger partial charge in [-0.3, -0.25) is 0 Å². The van der Waals surface area contributed by atoms with Crippen molar-refractivity contribution < 1.29 is 9.90 Å². The molecule has 0 atom stereocenters. The van der Waals surface area contributed by atoms with E-state index in [0.717, 1.165) is 15.9 Å². The van der Waals surface area contributed by atoms with Gasteiger partial charge in [-0.25, -0.2) is 9.78 Å². The summed E-state index contributed by atoms with van der Waals surface area (Å²) in [6.45, 7) is 0.715. The molecule has 0 spiro atoms. The second-order valence-corrected chi connectivity index (χ2v) is 5.11. The summed E-state index contributed by atoms with van der Waals surface area (Å²) in [5.41, 5.74) is 1.36. The molecular weight excluding hydrogens is 308 g/mol. The van der Waals surface area contributed by atoms with Gasteiger partial charge in [-0.1, -0.05) is 28.1 Å². The normalized spacial score (nSPS) is 10.2. The first kappa shape index (κ1) is 13.5. The first-order valence-electron chi connectivity index (χ1n) is 5.71. The molecule has 1 aromatic heterocycles. The van der Waals surface area contributed by atoms with Gasteiger partial charge in [0.05, 0.1) is 5.56 Å². The van der Waals surface area contributed by atoms with Gasteiger partial charge in [-0.05, 0) is 29.8 Å². The summed E-state index contributed by atoms with van der Waals surface area (Å²) in [5, 5.41) is 8.82. The predicted octanol–water partition coefficient (Wildman–Crippen LogP) is 3.18. The molecule has 1 aromatic carbocycles. The summed E-state index contributed by atoms with van der Waals surface area (Å²) in [7, 11) is 1.92. The van der Waals surface area contributed by atoms with Crippen LogP contribution in [0.5, 0.6) is 0 Å². The predicted molar refractivity (Wildman–Crippen MR) is 77.4 cm³/mol. The summed E-state index contributed by atoms with van der Waals surface area (Å²) < 4.78 is 1.04. The third kappa shape index (κ3) is 3.54. The Morgan fingerprint density at radius 1 is 1.26 bits per heavy atom. The van der Waals surface area contributed by atoms with Crippen LogP contribution in [0, 0.1) is 0 Å². The van der Waals surface area contributed by atoms with E-state index in [1.807, 2.05) is 36.2 Å². The van der Waals surface area contributed by atoms with E-state index in [4.69, 9.17) is 5.11 Å². The zero-order valence-corrected chi connectivity index (χ0v) is 12.0. The van der Waals surface area contributed by atoms with Gasteiger partial charge < -0.3 is 10.0 Å². The lowest BCUT2D eigenvalue weighted by atomic mass is 10.2. The molecule has 4 nitrogen and oxygen atoms in total. The number of carbonyl (C=O) groups is 1. The maximum Gasteiger partial charge on any atom is 0.337 e. The van der Waals surface area contributed by atoms with E-state index >= 15 is 0 Å². The molecule has 0 aliphatic carbocycles. The number of halogens is 1. The minimum Gasteiger partial charge on any atom is -0.478 e. The summed E-state index contributed by atoms with van der Waals surface area (Å²) in [6.07, 6.45) is 1.37. The van der Waals surface area contributed by atoms with Gasteiger partial charge in [-0.2, -0.15) is 0 Å². The lowest BCUT2D eigenvalue weighted by Crippen LogP contribution is -2.17. The first-order valence-corrected chi connectivity index (χ1v) is 6.50. The molecule has 98 valence electrons. The number of anilines is 1. The van der Waals surface area contributed by atoms with Gasteiger partial charge in [0.1, 0.15) is 5.82 Å². The van der Waals surface area contributed by atoms with Crippen molar-refractivity contribution in [3.8, 4) is 0 Å². The molecule has 0 saturated heterocycles. The quantitative estimate of drug-likeness (QED) is 0.940. The number of carboxylic acids is 1. The van der Waals surface area contributed by atoms with Crippen LogP contribution in [0.1, 0.15) is 15.9 Å². The number of nitrogens with zero attached hydrogens (tertiary/aromatic N) is 2. The Morgan fingerprint density at radius 2 is 1.95 bits per heavy atom. The highest BCUT2D eigenvalue weighted by molar-refractivity contribution is 9.10. The number of rotatable bonds is 4. The number of hydrogen-bond donors (Lipinski definition) is 1. The topological polar surface area (TPSA) is 53.4 Å². The monoisotopic (exact) mass is 320 g/mol. The lowest BCUT2D eigenvalue weighted by molar-refractivity contribution is 0.0696. The van der Waals surface area contributed by atoms with Crippen molar-refractivity contribution in [1.29, 1.82) is 0 Å². The number of hydrogen-bond acceptors (Lipinski definition) is 3. The Kier molecular flexibility index (Phi) is 4.16. The Labute approximate surface area is 119 Å². The van der Waals surface area contributed by atoms with E-state index in [-0.39, 0.29) is 5.56 Å². The highest BCUT2D eigenvalue weighted by Gasteiger charge is 2.06. The van der Waals surface area contributed by atoms with E-state index in [0.29, 0.717) is 6.54 Å². The van der Waals surface area contributed by atoms with Crippen molar-refractivity contribution in [2.45, 2.75) is 6.54 Å². The largest absolute Gasteiger partial charge is 0.478 e. The second kappa shape index (κ2) is 5.84. The van der Waals surface area contributed by atoms with E-state index < -0.39 is 5.97 Å². The fourth-order valence-corrected chi connectivity index (χ4v) is 1.95. The molecule has 2 rings (SSSR count). The zero-order valence-electron chi connectivity index (χ0n) is 10.4. The van der Waals surface area contributed by atoms with Gasteiger partial charge >= 0.3 is 5.97 Å². The molecule has 0 bridgehead atoms. The molecule has 0 aliphatic heterocycles. The van der Waals surface area contributed by atoms with Gasteiger partial charge in [0.25, 0.3) is 0 Å². The number of benzene rings is 1. The van der Waals surface area contributed by atoms with Crippen molar-refractivity contribution in [1.82, 2.24) is 4.98 Å². The molecule has 0 saturated carbocycles. The van der Waals surface area contributed by atoms with E-state index in [2.05, 4.69) is 20.9 Å². The maximum atomic E-state index is 10.7. The SMILES string of the molecule is CN(Cc1ccc(Br)cc1)c1ccc(C(=O)O)cn1. The average Bonchev–Trinajstić information content (AvgIpc) is 2.41. The van der Waals surface area contributed by atoms with Crippen LogP contribution in [0.3, 0.4) is 0 Å². The molecule has 1 heterocycles. The highest BCUT2D eigenvalue weighted by atomic mass is 79.9. The standard InChI is InChI=1S/C14H13BrN2O2/c1-17(9-10-2-5-12(15)6-3-10)13-7-4-11(8-16-13)14(18)19/h2-8H,9H2,1H3,(H,18,19). The van der Waals surface area contributed by atoms with Crippen LogP contribution < -0.4 is 4.90 Å². The average molecular weight is 321 g/mol. The molecule has 0 amide bonds. The fourth-order valence-electron chi connectivity index (χ4n) is 1.68. The second-order valence-electron chi connectivity index (χ2n) is 4.19. The maximum absolute atomic E-state index is 10.7. The van der Waals surface area contributed by atoms with Crippen LogP contribution in [0.2, 0.25) is 0 Å². The number of carboxylic acid groups (broad SMARTS) is 1. The smallest absolute Gasteiger partial charge is 0.337 e. The van der Waals surface area contributed by atoms with Crippen LogP contribution in [0.25, 0.3) is 0 Å². The molecule has 19 heavy (non-hydrogen) atoms. The molecule has 0 radical (unpaired) electrons. The number of pyridine rings is 1. The highest BCUT2D eigenvalue weighted by Crippen LogP contribution is 2.15. The van der Waals surface area contributed by atoms with Crippen LogP contribution in [-0.2, 0) is 6.54 Å². The van der Waals surface area contributed by atoms with Crippen molar-refractivity contribution >= 4 is 27.7 Å².